The number of cyclic esters (lactones) is 1. The van der Waals surface area contributed by atoms with Crippen molar-refractivity contribution in [3.8, 4) is 0 Å². The Hall–Kier alpha value is -1.57. The minimum Gasteiger partial charge on any atom is -0.461 e. The molecule has 15 heavy (non-hydrogen) atoms. The van der Waals surface area contributed by atoms with Crippen LogP contribution in [0.3, 0.4) is 0 Å². The van der Waals surface area contributed by atoms with Gasteiger partial charge in [0, 0.05) is 12.3 Å². The van der Waals surface area contributed by atoms with E-state index in [-0.39, 0.29) is 18.0 Å². The molecule has 1 aliphatic rings. The van der Waals surface area contributed by atoms with Crippen LogP contribution in [0.5, 0.6) is 0 Å². The number of esters is 1. The number of benzene rings is 1. The van der Waals surface area contributed by atoms with Gasteiger partial charge in [-0.2, -0.15) is 0 Å². The summed E-state index contributed by atoms with van der Waals surface area (Å²) in [6.07, 6.45) is 3.16. The van der Waals surface area contributed by atoms with E-state index in [9.17, 15) is 4.79 Å². The first-order valence-electron chi connectivity index (χ1n) is 5.18. The standard InChI is InChI=1S/C13H14O2/c1-2-11(10-6-4-3-5-7-10)12-8-9-13(14)15-12/h2-7,11-12H,1,8-9H2. The van der Waals surface area contributed by atoms with Crippen LogP contribution in [0.4, 0.5) is 0 Å². The number of carbonyl (C=O) groups excluding carboxylic acids is 1. The van der Waals surface area contributed by atoms with Gasteiger partial charge in [-0.1, -0.05) is 36.4 Å². The summed E-state index contributed by atoms with van der Waals surface area (Å²) >= 11 is 0. The van der Waals surface area contributed by atoms with Gasteiger partial charge < -0.3 is 4.74 Å². The Morgan fingerprint density at radius 2 is 2.13 bits per heavy atom. The summed E-state index contributed by atoms with van der Waals surface area (Å²) in [6.45, 7) is 3.82. The van der Waals surface area contributed by atoms with E-state index < -0.39 is 0 Å². The van der Waals surface area contributed by atoms with E-state index in [2.05, 4.69) is 6.58 Å². The fraction of sp³-hybridized carbons (Fsp3) is 0.308. The zero-order chi connectivity index (χ0) is 10.7. The smallest absolute Gasteiger partial charge is 0.306 e. The van der Waals surface area contributed by atoms with Gasteiger partial charge in [0.2, 0.25) is 0 Å². The number of hydrogen-bond acceptors (Lipinski definition) is 2. The van der Waals surface area contributed by atoms with Crippen LogP contribution < -0.4 is 0 Å². The topological polar surface area (TPSA) is 26.3 Å². The molecule has 2 heteroatoms. The van der Waals surface area contributed by atoms with Crippen molar-refractivity contribution >= 4 is 5.97 Å². The average Bonchev–Trinajstić information content (AvgIpc) is 2.68. The minimum atomic E-state index is -0.0946. The molecule has 1 aliphatic heterocycles. The van der Waals surface area contributed by atoms with Crippen LogP contribution in [-0.2, 0) is 9.53 Å². The lowest BCUT2D eigenvalue weighted by Gasteiger charge is -2.19. The molecular formula is C13H14O2. The monoisotopic (exact) mass is 202 g/mol. The van der Waals surface area contributed by atoms with Gasteiger partial charge in [0.15, 0.2) is 0 Å². The SMILES string of the molecule is C=CC(c1ccccc1)C1CCC(=O)O1. The molecule has 0 N–H and O–H groups in total. The first kappa shape index (κ1) is 9.97. The molecule has 2 rings (SSSR count). The van der Waals surface area contributed by atoms with Gasteiger partial charge >= 0.3 is 5.97 Å². The van der Waals surface area contributed by atoms with E-state index in [1.807, 2.05) is 36.4 Å². The van der Waals surface area contributed by atoms with Crippen LogP contribution in [-0.4, -0.2) is 12.1 Å². The molecule has 1 aromatic rings. The number of carbonyl (C=O) groups is 1. The van der Waals surface area contributed by atoms with Crippen molar-refractivity contribution in [1.82, 2.24) is 0 Å². The second-order valence-electron chi connectivity index (χ2n) is 3.74. The average molecular weight is 202 g/mol. The number of ether oxygens (including phenoxy) is 1. The predicted octanol–water partition coefficient (Wildman–Crippen LogP) is 2.66. The molecule has 0 radical (unpaired) electrons. The zero-order valence-corrected chi connectivity index (χ0v) is 8.56. The van der Waals surface area contributed by atoms with Gasteiger partial charge in [0.25, 0.3) is 0 Å². The van der Waals surface area contributed by atoms with Gasteiger partial charge in [-0.15, -0.1) is 6.58 Å². The largest absolute Gasteiger partial charge is 0.461 e. The van der Waals surface area contributed by atoms with Crippen molar-refractivity contribution in [1.29, 1.82) is 0 Å². The summed E-state index contributed by atoms with van der Waals surface area (Å²) in [5.41, 5.74) is 1.16. The van der Waals surface area contributed by atoms with Crippen molar-refractivity contribution in [2.24, 2.45) is 0 Å². The Bertz CT molecular complexity index is 356. The highest BCUT2D eigenvalue weighted by molar-refractivity contribution is 5.71. The number of rotatable bonds is 3. The van der Waals surface area contributed by atoms with Crippen LogP contribution in [0.1, 0.15) is 24.3 Å². The zero-order valence-electron chi connectivity index (χ0n) is 8.56. The highest BCUT2D eigenvalue weighted by Crippen LogP contribution is 2.30. The van der Waals surface area contributed by atoms with E-state index in [1.165, 1.54) is 0 Å². The molecule has 2 atom stereocenters. The highest BCUT2D eigenvalue weighted by Gasteiger charge is 2.30. The summed E-state index contributed by atoms with van der Waals surface area (Å²) in [5, 5.41) is 0. The fourth-order valence-corrected chi connectivity index (χ4v) is 1.98. The van der Waals surface area contributed by atoms with Gasteiger partial charge in [-0.3, -0.25) is 4.79 Å². The first-order chi connectivity index (χ1) is 7.31. The van der Waals surface area contributed by atoms with Crippen molar-refractivity contribution in [2.75, 3.05) is 0 Å². The van der Waals surface area contributed by atoms with Crippen LogP contribution in [0.2, 0.25) is 0 Å². The molecule has 0 saturated carbocycles. The summed E-state index contributed by atoms with van der Waals surface area (Å²) in [7, 11) is 0. The normalized spacial score (nSPS) is 22.1. The second kappa shape index (κ2) is 4.30. The van der Waals surface area contributed by atoms with Gasteiger partial charge in [0.05, 0.1) is 0 Å². The molecule has 1 saturated heterocycles. The van der Waals surface area contributed by atoms with Gasteiger partial charge in [0.1, 0.15) is 6.10 Å². The molecule has 0 spiro atoms. The molecular weight excluding hydrogens is 188 g/mol. The van der Waals surface area contributed by atoms with E-state index in [1.54, 1.807) is 0 Å². The lowest BCUT2D eigenvalue weighted by atomic mass is 9.92. The quantitative estimate of drug-likeness (QED) is 0.556. The van der Waals surface area contributed by atoms with E-state index in [0.29, 0.717) is 6.42 Å². The molecule has 78 valence electrons. The maximum absolute atomic E-state index is 11.0. The molecule has 0 aliphatic carbocycles. The van der Waals surface area contributed by atoms with Gasteiger partial charge in [-0.05, 0) is 12.0 Å². The Morgan fingerprint density at radius 3 is 2.67 bits per heavy atom. The summed E-state index contributed by atoms with van der Waals surface area (Å²) in [6, 6.07) is 10.0. The second-order valence-corrected chi connectivity index (χ2v) is 3.74. The van der Waals surface area contributed by atoms with Crippen LogP contribution in [0.25, 0.3) is 0 Å². The van der Waals surface area contributed by atoms with Crippen LogP contribution >= 0.6 is 0 Å². The third kappa shape index (κ3) is 2.09. The van der Waals surface area contributed by atoms with Crippen LogP contribution in [0, 0.1) is 0 Å². The van der Waals surface area contributed by atoms with E-state index >= 15 is 0 Å². The lowest BCUT2D eigenvalue weighted by molar-refractivity contribution is -0.141. The van der Waals surface area contributed by atoms with E-state index in [0.717, 1.165) is 12.0 Å². The molecule has 1 fully saturated rings. The molecule has 2 unspecified atom stereocenters. The van der Waals surface area contributed by atoms with Crippen molar-refractivity contribution in [3.05, 3.63) is 48.6 Å². The van der Waals surface area contributed by atoms with Crippen molar-refractivity contribution in [2.45, 2.75) is 24.9 Å². The summed E-state index contributed by atoms with van der Waals surface area (Å²) in [4.78, 5) is 11.0. The lowest BCUT2D eigenvalue weighted by Crippen LogP contribution is -2.16. The maximum Gasteiger partial charge on any atom is 0.306 e. The predicted molar refractivity (Wildman–Crippen MR) is 58.5 cm³/mol. The maximum atomic E-state index is 11.0. The first-order valence-corrected chi connectivity index (χ1v) is 5.18. The molecule has 1 heterocycles. The Labute approximate surface area is 89.6 Å². The molecule has 1 aromatic carbocycles. The van der Waals surface area contributed by atoms with E-state index in [4.69, 9.17) is 4.74 Å². The highest BCUT2D eigenvalue weighted by atomic mass is 16.5. The molecule has 0 bridgehead atoms. The van der Waals surface area contributed by atoms with Crippen molar-refractivity contribution in [3.63, 3.8) is 0 Å². The van der Waals surface area contributed by atoms with Crippen LogP contribution in [0.15, 0.2) is 43.0 Å². The third-order valence-electron chi connectivity index (χ3n) is 2.75. The molecule has 0 amide bonds. The molecule has 2 nitrogen and oxygen atoms in total. The van der Waals surface area contributed by atoms with Gasteiger partial charge in [-0.25, -0.2) is 0 Å². The Morgan fingerprint density at radius 1 is 1.40 bits per heavy atom. The third-order valence-corrected chi connectivity index (χ3v) is 2.75. The summed E-state index contributed by atoms with van der Waals surface area (Å²) in [5.74, 6) is 0.0282. The Kier molecular flexibility index (Phi) is 2.86. The minimum absolute atomic E-state index is 0.0302. The van der Waals surface area contributed by atoms with Crippen molar-refractivity contribution < 1.29 is 9.53 Å². The molecule has 0 aromatic heterocycles. The Balaban J connectivity index is 2.18. The summed E-state index contributed by atoms with van der Waals surface area (Å²) < 4.78 is 5.26. The number of hydrogen-bond donors (Lipinski definition) is 0. The fourth-order valence-electron chi connectivity index (χ4n) is 1.98.